The second-order valence-corrected chi connectivity index (χ2v) is 16.4. The Kier molecular flexibility index (Phi) is 11.7. The van der Waals surface area contributed by atoms with Crippen molar-refractivity contribution >= 4 is 55.7 Å². The summed E-state index contributed by atoms with van der Waals surface area (Å²) in [5.41, 5.74) is 2.03. The van der Waals surface area contributed by atoms with Gasteiger partial charge in [0, 0.05) is 29.4 Å². The van der Waals surface area contributed by atoms with Gasteiger partial charge in [0.2, 0.25) is 23.6 Å². The molecule has 1 unspecified atom stereocenters. The molecule has 13 nitrogen and oxygen atoms in total. The van der Waals surface area contributed by atoms with Crippen LogP contribution in [-0.2, 0) is 19.2 Å². The fourth-order valence-corrected chi connectivity index (χ4v) is 9.30. The number of H-pyrrole nitrogens is 2. The van der Waals surface area contributed by atoms with Crippen molar-refractivity contribution in [1.29, 1.82) is 0 Å². The van der Waals surface area contributed by atoms with Gasteiger partial charge in [-0.3, -0.25) is 19.2 Å². The number of aliphatic hydroxyl groups is 1. The number of rotatable bonds is 9. The number of carbonyl (C=O) groups excluding carboxylic acids is 4. The van der Waals surface area contributed by atoms with Crippen molar-refractivity contribution in [2.24, 2.45) is 5.92 Å². The van der Waals surface area contributed by atoms with E-state index in [1.807, 2.05) is 50.2 Å². The van der Waals surface area contributed by atoms with E-state index < -0.39 is 24.6 Å². The topological polar surface area (TPSA) is 176 Å². The average Bonchev–Trinajstić information content (AvgIpc) is 4.03. The maximum atomic E-state index is 13.7. The molecular weight excluding hydrogens is 749 g/mol. The van der Waals surface area contributed by atoms with Gasteiger partial charge in [-0.25, -0.2) is 9.97 Å². The zero-order chi connectivity index (χ0) is 39.3. The van der Waals surface area contributed by atoms with Crippen molar-refractivity contribution in [3.8, 4) is 23.7 Å². The van der Waals surface area contributed by atoms with Crippen molar-refractivity contribution in [2.75, 3.05) is 19.7 Å². The summed E-state index contributed by atoms with van der Waals surface area (Å²) < 4.78 is 2.17. The number of nitrogens with zero attached hydrogens (tertiary/aromatic N) is 4. The molecule has 2 aliphatic rings. The zero-order valence-electron chi connectivity index (χ0n) is 31.2. The van der Waals surface area contributed by atoms with Crippen LogP contribution in [0.5, 0.6) is 0 Å². The summed E-state index contributed by atoms with van der Waals surface area (Å²) in [6.07, 6.45) is 6.52. The van der Waals surface area contributed by atoms with Crippen LogP contribution in [0, 0.1) is 29.6 Å². The first-order chi connectivity index (χ1) is 27.1. The van der Waals surface area contributed by atoms with Gasteiger partial charge in [-0.2, -0.15) is 0 Å². The van der Waals surface area contributed by atoms with E-state index in [0.29, 0.717) is 36.1 Å². The smallest absolute Gasteiger partial charge is 0.250 e. The van der Waals surface area contributed by atoms with Crippen molar-refractivity contribution in [3.05, 3.63) is 93.2 Å². The summed E-state index contributed by atoms with van der Waals surface area (Å²) in [6.45, 7) is 5.61. The monoisotopic (exact) mass is 790 g/mol. The molecule has 15 heteroatoms. The molecule has 288 valence electrons. The molecule has 0 aliphatic carbocycles. The molecule has 4 amide bonds. The molecule has 7 rings (SSSR count). The second kappa shape index (κ2) is 17.0. The number of thiophene rings is 2. The first-order valence-corrected chi connectivity index (χ1v) is 20.2. The third kappa shape index (κ3) is 8.55. The molecule has 2 fully saturated rings. The number of likely N-dealkylation sites (tertiary alicyclic amines) is 2. The van der Waals surface area contributed by atoms with E-state index in [4.69, 9.17) is 0 Å². The number of amides is 4. The first kappa shape index (κ1) is 38.5. The zero-order valence-corrected chi connectivity index (χ0v) is 32.9. The quantitative estimate of drug-likeness (QED) is 0.136. The van der Waals surface area contributed by atoms with Gasteiger partial charge < -0.3 is 35.5 Å². The lowest BCUT2D eigenvalue weighted by molar-refractivity contribution is -0.139. The summed E-state index contributed by atoms with van der Waals surface area (Å²) in [7, 11) is 0. The molecule has 0 radical (unpaired) electrons. The van der Waals surface area contributed by atoms with Crippen LogP contribution in [0.2, 0.25) is 0 Å². The number of aromatic amines is 2. The molecular formula is C41H42N8O5S2. The van der Waals surface area contributed by atoms with Crippen LogP contribution in [0.1, 0.15) is 103 Å². The van der Waals surface area contributed by atoms with Gasteiger partial charge in [0.15, 0.2) is 0 Å². The minimum Gasteiger partial charge on any atom is -0.387 e. The maximum Gasteiger partial charge on any atom is 0.250 e. The lowest BCUT2D eigenvalue weighted by Crippen LogP contribution is -2.51. The van der Waals surface area contributed by atoms with Crippen molar-refractivity contribution < 1.29 is 24.3 Å². The molecule has 5 aromatic rings. The number of aliphatic hydroxyl groups excluding tert-OH is 1. The number of imidazole rings is 2. The van der Waals surface area contributed by atoms with E-state index in [1.54, 1.807) is 44.9 Å². The third-order valence-electron chi connectivity index (χ3n) is 9.86. The summed E-state index contributed by atoms with van der Waals surface area (Å²) in [5, 5.41) is 14.7. The van der Waals surface area contributed by atoms with Gasteiger partial charge >= 0.3 is 0 Å². The Hall–Kier alpha value is -5.74. The van der Waals surface area contributed by atoms with Crippen LogP contribution in [0.3, 0.4) is 0 Å². The van der Waals surface area contributed by atoms with Crippen LogP contribution in [0.4, 0.5) is 0 Å². The number of carbonyl (C=O) groups is 4. The Morgan fingerprint density at radius 2 is 1.36 bits per heavy atom. The van der Waals surface area contributed by atoms with Crippen molar-refractivity contribution in [3.63, 3.8) is 0 Å². The normalized spacial score (nSPS) is 17.6. The molecule has 0 spiro atoms. The minimum atomic E-state index is -0.771. The van der Waals surface area contributed by atoms with Crippen LogP contribution >= 0.6 is 22.7 Å². The standard InChI is InChI=1S/C41H42N8O5S2/c1-24(2)36(47-35(52)23-50)40(53)48-17-7-11-31(48)38-42-21-27(45-38)13-15-29-19-33-34(55-29)20-30(56-33)16-14-28-22-43-39(46-28)32-12-8-18-49(32)41(54)37(44-25(3)51)26-9-5-4-6-10-26/h4-6,9-10,19-22,24,31-32,36-37,50H,7-8,11-12,17-18,23H2,1-3H3,(H,42,45)(H,43,46)(H,44,51)(H,47,52)/t31-,32?,36-,37+/m0/s1. The minimum absolute atomic E-state index is 0.142. The number of fused-ring (bicyclic) bond motifs is 1. The van der Waals surface area contributed by atoms with E-state index in [1.165, 1.54) is 6.92 Å². The number of hydrogen-bond acceptors (Lipinski definition) is 9. The van der Waals surface area contributed by atoms with Crippen LogP contribution in [0.25, 0.3) is 9.40 Å². The number of aromatic nitrogens is 4. The molecule has 5 N–H and O–H groups in total. The van der Waals surface area contributed by atoms with Crippen LogP contribution < -0.4 is 10.6 Å². The van der Waals surface area contributed by atoms with Crippen molar-refractivity contribution in [1.82, 2.24) is 40.4 Å². The van der Waals surface area contributed by atoms with Gasteiger partial charge in [0.25, 0.3) is 0 Å². The number of hydrogen-bond donors (Lipinski definition) is 5. The fourth-order valence-electron chi connectivity index (χ4n) is 7.20. The predicted molar refractivity (Wildman–Crippen MR) is 213 cm³/mol. The molecule has 4 aromatic heterocycles. The summed E-state index contributed by atoms with van der Waals surface area (Å²) in [5.74, 6) is 12.8. The van der Waals surface area contributed by atoms with E-state index >= 15 is 0 Å². The second-order valence-electron chi connectivity index (χ2n) is 14.2. The first-order valence-electron chi connectivity index (χ1n) is 18.6. The van der Waals surface area contributed by atoms with Crippen LogP contribution in [-0.4, -0.2) is 84.2 Å². The molecule has 2 aliphatic heterocycles. The largest absolute Gasteiger partial charge is 0.387 e. The summed E-state index contributed by atoms with van der Waals surface area (Å²) in [6, 6.07) is 11.4. The van der Waals surface area contributed by atoms with E-state index in [0.717, 1.165) is 50.4 Å². The molecule has 56 heavy (non-hydrogen) atoms. The van der Waals surface area contributed by atoms with Gasteiger partial charge in [0.05, 0.1) is 34.2 Å². The van der Waals surface area contributed by atoms with Gasteiger partial charge in [0.1, 0.15) is 41.7 Å². The Bertz CT molecular complexity index is 2340. The summed E-state index contributed by atoms with van der Waals surface area (Å²) in [4.78, 5) is 72.1. The van der Waals surface area contributed by atoms with E-state index in [2.05, 4.69) is 60.3 Å². The Morgan fingerprint density at radius 3 is 1.86 bits per heavy atom. The molecule has 4 atom stereocenters. The molecule has 0 bridgehead atoms. The molecule has 2 saturated heterocycles. The van der Waals surface area contributed by atoms with Gasteiger partial charge in [-0.1, -0.05) is 44.2 Å². The van der Waals surface area contributed by atoms with E-state index in [-0.39, 0.29) is 35.7 Å². The van der Waals surface area contributed by atoms with Crippen LogP contribution in [0.15, 0.2) is 54.9 Å². The predicted octanol–water partition coefficient (Wildman–Crippen LogP) is 4.55. The van der Waals surface area contributed by atoms with Gasteiger partial charge in [-0.15, -0.1) is 22.7 Å². The lowest BCUT2D eigenvalue weighted by Gasteiger charge is -2.30. The highest BCUT2D eigenvalue weighted by molar-refractivity contribution is 7.28. The lowest BCUT2D eigenvalue weighted by atomic mass is 10.0. The summed E-state index contributed by atoms with van der Waals surface area (Å²) >= 11 is 3.17. The van der Waals surface area contributed by atoms with E-state index in [9.17, 15) is 24.3 Å². The number of benzene rings is 1. The Labute approximate surface area is 332 Å². The number of nitrogens with one attached hydrogen (secondary N) is 4. The highest BCUT2D eigenvalue weighted by Gasteiger charge is 2.38. The maximum absolute atomic E-state index is 13.7. The highest BCUT2D eigenvalue weighted by Crippen LogP contribution is 2.35. The Morgan fingerprint density at radius 1 is 0.821 bits per heavy atom. The molecule has 0 saturated carbocycles. The Balaban J connectivity index is 0.990. The SMILES string of the molecule is CC(=O)N[C@@H](C(=O)N1CCCC1c1ncc(C#Cc2cc3sc(C#Cc4cnc([C@@H]5CCCN5C(=O)[C@@H](NC(=O)CO)C(C)C)[nH]4)cc3s2)[nH]1)c1ccccc1. The fraction of sp³-hybridized carbons (Fsp3) is 0.366. The molecule has 1 aromatic carbocycles. The van der Waals surface area contributed by atoms with Gasteiger partial charge in [-0.05, 0) is 73.0 Å². The average molecular weight is 791 g/mol. The molecule has 6 heterocycles. The third-order valence-corrected chi connectivity index (χ3v) is 12.0. The highest BCUT2D eigenvalue weighted by atomic mass is 32.1. The van der Waals surface area contributed by atoms with Crippen molar-refractivity contribution in [2.45, 2.75) is 70.6 Å².